The number of aromatic nitrogens is 1. The molecular weight excluding hydrogens is 472 g/mol. The highest BCUT2D eigenvalue weighted by Gasteiger charge is 2.27. The molecule has 1 atom stereocenters. The Balaban J connectivity index is 1.63. The summed E-state index contributed by atoms with van der Waals surface area (Å²) in [5, 5.41) is 25.1. The standard InChI is InChI=1S/C28H34N4O5/c1-5-6-13-36-28(34)24-25(33)23(16-19-17-30-26-21(19)8-7-11-29-26)37-27(24)31-22-10-9-20(15-18(22)2)35-14-12-32(3)4/h7-11,15-17,28,31,33-34H,5-6,12-14H2,1-4H3/t28-/m0/s1. The molecule has 2 aromatic heterocycles. The van der Waals surface area contributed by atoms with Crippen LogP contribution in [-0.2, 0) is 4.74 Å². The Morgan fingerprint density at radius 1 is 1.22 bits per heavy atom. The maximum atomic E-state index is 11.1. The molecule has 4 rings (SSSR count). The van der Waals surface area contributed by atoms with E-state index >= 15 is 0 Å². The lowest BCUT2D eigenvalue weighted by molar-refractivity contribution is -0.104. The Hall–Kier alpha value is -3.66. The van der Waals surface area contributed by atoms with Crippen molar-refractivity contribution >= 4 is 35.3 Å². The number of benzene rings is 1. The van der Waals surface area contributed by atoms with Crippen LogP contribution in [0.5, 0.6) is 11.5 Å². The Labute approximate surface area is 217 Å². The second-order valence-corrected chi connectivity index (χ2v) is 9.12. The summed E-state index contributed by atoms with van der Waals surface area (Å²) in [6.45, 7) is 5.72. The zero-order valence-corrected chi connectivity index (χ0v) is 21.7. The fourth-order valence-corrected chi connectivity index (χ4v) is 3.81. The van der Waals surface area contributed by atoms with E-state index in [1.165, 1.54) is 0 Å². The molecule has 1 aliphatic rings. The van der Waals surface area contributed by atoms with Gasteiger partial charge in [-0.1, -0.05) is 13.3 Å². The van der Waals surface area contributed by atoms with Crippen molar-refractivity contribution in [3.8, 4) is 11.5 Å². The smallest absolute Gasteiger partial charge is 0.210 e. The van der Waals surface area contributed by atoms with Crippen LogP contribution in [0, 0.1) is 6.92 Å². The largest absolute Gasteiger partial charge is 0.504 e. The minimum Gasteiger partial charge on any atom is -0.504 e. The van der Waals surface area contributed by atoms with Gasteiger partial charge in [-0.05, 0) is 69.4 Å². The quantitative estimate of drug-likeness (QED) is 0.220. The second kappa shape index (κ2) is 12.1. The van der Waals surface area contributed by atoms with E-state index in [4.69, 9.17) is 13.9 Å². The van der Waals surface area contributed by atoms with Crippen molar-refractivity contribution < 1.29 is 24.1 Å². The molecule has 37 heavy (non-hydrogen) atoms. The monoisotopic (exact) mass is 506 g/mol. The fourth-order valence-electron chi connectivity index (χ4n) is 3.81. The zero-order chi connectivity index (χ0) is 26.4. The van der Waals surface area contributed by atoms with Gasteiger partial charge in [0.15, 0.2) is 23.6 Å². The van der Waals surface area contributed by atoms with Gasteiger partial charge >= 0.3 is 0 Å². The molecule has 0 amide bonds. The van der Waals surface area contributed by atoms with Gasteiger partial charge in [0.2, 0.25) is 5.88 Å². The summed E-state index contributed by atoms with van der Waals surface area (Å²) >= 11 is 0. The van der Waals surface area contributed by atoms with E-state index in [1.54, 1.807) is 18.5 Å². The van der Waals surface area contributed by atoms with Gasteiger partial charge in [0.05, 0.1) is 6.61 Å². The molecule has 0 saturated carbocycles. The van der Waals surface area contributed by atoms with Crippen LogP contribution in [0.15, 0.2) is 45.9 Å². The van der Waals surface area contributed by atoms with E-state index in [-0.39, 0.29) is 23.0 Å². The van der Waals surface area contributed by atoms with Gasteiger partial charge in [-0.3, -0.25) is 0 Å². The number of aliphatic hydroxyl groups is 1. The third kappa shape index (κ3) is 6.37. The van der Waals surface area contributed by atoms with Crippen LogP contribution in [0.2, 0.25) is 0 Å². The summed E-state index contributed by atoms with van der Waals surface area (Å²) in [6, 6.07) is 9.39. The van der Waals surface area contributed by atoms with Crippen molar-refractivity contribution in [2.75, 3.05) is 39.2 Å². The minimum atomic E-state index is -1.37. The number of hydrogen-bond acceptors (Lipinski definition) is 9. The van der Waals surface area contributed by atoms with Gasteiger partial charge in [0, 0.05) is 35.8 Å². The van der Waals surface area contributed by atoms with Crippen molar-refractivity contribution in [2.24, 2.45) is 4.99 Å². The Bertz CT molecular complexity index is 1280. The highest BCUT2D eigenvalue weighted by atomic mass is 16.6. The number of pyridine rings is 1. The molecule has 1 aliphatic heterocycles. The molecule has 196 valence electrons. The molecular formula is C28H34N4O5. The summed E-state index contributed by atoms with van der Waals surface area (Å²) in [4.78, 5) is 10.6. The first-order chi connectivity index (χ1) is 17.9. The maximum Gasteiger partial charge on any atom is 0.210 e. The number of furan rings is 1. The molecule has 0 spiro atoms. The SMILES string of the molecule is CCCCO[C@H](O)c1c(Nc2ccc(OCCN(C)C)cc2C)oc(C=C2C=Nc3ncccc32)c1O. The number of aryl methyl sites for hydroxylation is 1. The molecule has 9 heteroatoms. The van der Waals surface area contributed by atoms with Crippen LogP contribution >= 0.6 is 0 Å². The first-order valence-electron chi connectivity index (χ1n) is 12.4. The molecule has 0 saturated heterocycles. The number of anilines is 2. The topological polar surface area (TPSA) is 113 Å². The van der Waals surface area contributed by atoms with Crippen LogP contribution in [0.1, 0.15) is 48.5 Å². The zero-order valence-electron chi connectivity index (χ0n) is 21.7. The number of nitrogens with one attached hydrogen (secondary N) is 1. The Kier molecular flexibility index (Phi) is 8.60. The number of likely N-dealkylation sites (N-methyl/N-ethyl adjacent to an activating group) is 1. The number of hydrogen-bond donors (Lipinski definition) is 3. The average molecular weight is 507 g/mol. The number of fused-ring (bicyclic) bond motifs is 1. The van der Waals surface area contributed by atoms with Crippen LogP contribution in [0.25, 0.3) is 11.6 Å². The van der Waals surface area contributed by atoms with Crippen LogP contribution in [-0.4, -0.2) is 60.2 Å². The number of aromatic hydroxyl groups is 1. The summed E-state index contributed by atoms with van der Waals surface area (Å²) in [7, 11) is 4.00. The highest BCUT2D eigenvalue weighted by molar-refractivity contribution is 6.20. The number of unbranched alkanes of at least 4 members (excludes halogenated alkanes) is 1. The Morgan fingerprint density at radius 3 is 2.81 bits per heavy atom. The molecule has 3 aromatic rings. The maximum absolute atomic E-state index is 11.1. The van der Waals surface area contributed by atoms with Crippen LogP contribution < -0.4 is 10.1 Å². The number of aliphatic imine (C=N–C) groups is 1. The van der Waals surface area contributed by atoms with Crippen molar-refractivity contribution in [3.63, 3.8) is 0 Å². The highest BCUT2D eigenvalue weighted by Crippen LogP contribution is 2.42. The normalized spacial score (nSPS) is 14.4. The van der Waals surface area contributed by atoms with Gasteiger partial charge in [-0.15, -0.1) is 0 Å². The van der Waals surface area contributed by atoms with Crippen LogP contribution in [0.4, 0.5) is 17.4 Å². The summed E-state index contributed by atoms with van der Waals surface area (Å²) in [6.07, 6.45) is 5.35. The average Bonchev–Trinajstić information content (AvgIpc) is 3.41. The van der Waals surface area contributed by atoms with E-state index in [2.05, 4.69) is 20.2 Å². The predicted molar refractivity (Wildman–Crippen MR) is 145 cm³/mol. The molecule has 9 nitrogen and oxygen atoms in total. The van der Waals surface area contributed by atoms with E-state index < -0.39 is 6.29 Å². The number of rotatable bonds is 12. The number of nitrogens with zero attached hydrogens (tertiary/aromatic N) is 3. The summed E-state index contributed by atoms with van der Waals surface area (Å²) < 4.78 is 17.5. The Morgan fingerprint density at radius 2 is 2.05 bits per heavy atom. The molecule has 0 radical (unpaired) electrons. The molecule has 0 fully saturated rings. The van der Waals surface area contributed by atoms with Crippen molar-refractivity contribution in [3.05, 3.63) is 59.0 Å². The predicted octanol–water partition coefficient (Wildman–Crippen LogP) is 5.44. The number of ether oxygens (including phenoxy) is 2. The number of aliphatic hydroxyl groups excluding tert-OH is 1. The van der Waals surface area contributed by atoms with E-state index in [0.717, 1.165) is 47.5 Å². The van der Waals surface area contributed by atoms with Crippen molar-refractivity contribution in [2.45, 2.75) is 33.0 Å². The third-order valence-electron chi connectivity index (χ3n) is 5.93. The van der Waals surface area contributed by atoms with E-state index in [0.29, 0.717) is 19.0 Å². The van der Waals surface area contributed by atoms with Crippen molar-refractivity contribution in [1.82, 2.24) is 9.88 Å². The molecule has 3 heterocycles. The first kappa shape index (κ1) is 26.4. The molecule has 1 aromatic carbocycles. The molecule has 0 aliphatic carbocycles. The van der Waals surface area contributed by atoms with Gasteiger partial charge in [0.1, 0.15) is 17.9 Å². The van der Waals surface area contributed by atoms with Crippen LogP contribution in [0.3, 0.4) is 0 Å². The van der Waals surface area contributed by atoms with Gasteiger partial charge < -0.3 is 34.3 Å². The van der Waals surface area contributed by atoms with Gasteiger partial charge in [-0.25, -0.2) is 9.98 Å². The van der Waals surface area contributed by atoms with E-state index in [9.17, 15) is 10.2 Å². The summed E-state index contributed by atoms with van der Waals surface area (Å²) in [5.41, 5.74) is 3.35. The lowest BCUT2D eigenvalue weighted by Gasteiger charge is -2.15. The van der Waals surface area contributed by atoms with Gasteiger partial charge in [-0.2, -0.15) is 0 Å². The van der Waals surface area contributed by atoms with Crippen molar-refractivity contribution in [1.29, 1.82) is 0 Å². The third-order valence-corrected chi connectivity index (χ3v) is 5.93. The lowest BCUT2D eigenvalue weighted by atomic mass is 10.1. The minimum absolute atomic E-state index is 0.134. The first-order valence-corrected chi connectivity index (χ1v) is 12.4. The summed E-state index contributed by atoms with van der Waals surface area (Å²) in [5.74, 6) is 1.53. The molecule has 0 unspecified atom stereocenters. The van der Waals surface area contributed by atoms with Gasteiger partial charge in [0.25, 0.3) is 0 Å². The number of allylic oxidation sites excluding steroid dienone is 1. The fraction of sp³-hybridized carbons (Fsp3) is 0.357. The second-order valence-electron chi connectivity index (χ2n) is 9.12. The lowest BCUT2D eigenvalue weighted by Crippen LogP contribution is -2.19. The molecule has 3 N–H and O–H groups in total. The van der Waals surface area contributed by atoms with E-state index in [1.807, 2.05) is 58.3 Å². The molecule has 0 bridgehead atoms.